The molecule has 15 heavy (non-hydrogen) atoms. The van der Waals surface area contributed by atoms with Gasteiger partial charge in [0.2, 0.25) is 0 Å². The Hall–Kier alpha value is -1.48. The number of hydrogen-bond donors (Lipinski definition) is 2. The minimum atomic E-state index is 0.799. The zero-order valence-corrected chi connectivity index (χ0v) is 9.47. The van der Waals surface area contributed by atoms with Gasteiger partial charge in [-0.2, -0.15) is 0 Å². The van der Waals surface area contributed by atoms with E-state index < -0.39 is 0 Å². The average molecular weight is 218 g/mol. The number of benzene rings is 1. The number of anilines is 2. The number of aryl methyl sites for hydroxylation is 1. The maximum Gasteiger partial charge on any atom is 0.0514 e. The van der Waals surface area contributed by atoms with Crippen LogP contribution in [0.25, 0.3) is 0 Å². The molecule has 0 aliphatic carbocycles. The molecule has 0 aliphatic heterocycles. The Kier molecular flexibility index (Phi) is 2.92. The number of rotatable bonds is 3. The molecule has 0 saturated carbocycles. The SMILES string of the molecule is Cc1cccc(NCc2sccc2N)c1. The Labute approximate surface area is 93.7 Å². The van der Waals surface area contributed by atoms with Crippen molar-refractivity contribution in [1.29, 1.82) is 0 Å². The average Bonchev–Trinajstić information content (AvgIpc) is 2.61. The Morgan fingerprint density at radius 1 is 1.33 bits per heavy atom. The molecule has 0 aliphatic rings. The fraction of sp³-hybridized carbons (Fsp3) is 0.167. The molecule has 0 fully saturated rings. The third-order valence-electron chi connectivity index (χ3n) is 2.25. The van der Waals surface area contributed by atoms with Gasteiger partial charge >= 0.3 is 0 Å². The summed E-state index contributed by atoms with van der Waals surface area (Å²) in [6.45, 7) is 2.89. The van der Waals surface area contributed by atoms with E-state index in [4.69, 9.17) is 5.73 Å². The van der Waals surface area contributed by atoms with Crippen LogP contribution in [-0.2, 0) is 6.54 Å². The summed E-state index contributed by atoms with van der Waals surface area (Å²) in [4.78, 5) is 1.19. The van der Waals surface area contributed by atoms with Crippen LogP contribution in [0.15, 0.2) is 35.7 Å². The molecular weight excluding hydrogens is 204 g/mol. The molecule has 3 N–H and O–H groups in total. The van der Waals surface area contributed by atoms with Crippen LogP contribution in [0.1, 0.15) is 10.4 Å². The molecule has 0 bridgehead atoms. The number of thiophene rings is 1. The van der Waals surface area contributed by atoms with Crippen LogP contribution in [0, 0.1) is 6.92 Å². The van der Waals surface area contributed by atoms with Crippen molar-refractivity contribution in [2.75, 3.05) is 11.1 Å². The van der Waals surface area contributed by atoms with Gasteiger partial charge in [-0.05, 0) is 36.1 Å². The van der Waals surface area contributed by atoms with Crippen molar-refractivity contribution < 1.29 is 0 Å². The summed E-state index contributed by atoms with van der Waals surface area (Å²) < 4.78 is 0. The van der Waals surface area contributed by atoms with Crippen LogP contribution < -0.4 is 11.1 Å². The van der Waals surface area contributed by atoms with Gasteiger partial charge in [0, 0.05) is 16.3 Å². The summed E-state index contributed by atoms with van der Waals surface area (Å²) in [7, 11) is 0. The molecule has 1 aromatic carbocycles. The summed E-state index contributed by atoms with van der Waals surface area (Å²) in [6, 6.07) is 10.3. The van der Waals surface area contributed by atoms with E-state index >= 15 is 0 Å². The lowest BCUT2D eigenvalue weighted by Crippen LogP contribution is -1.99. The smallest absolute Gasteiger partial charge is 0.0514 e. The van der Waals surface area contributed by atoms with Crippen LogP contribution in [0.3, 0.4) is 0 Å². The summed E-state index contributed by atoms with van der Waals surface area (Å²) >= 11 is 1.69. The van der Waals surface area contributed by atoms with Gasteiger partial charge in [-0.3, -0.25) is 0 Å². The molecule has 1 aromatic heterocycles. The van der Waals surface area contributed by atoms with Gasteiger partial charge < -0.3 is 11.1 Å². The number of nitrogen functional groups attached to an aromatic ring is 1. The first-order valence-corrected chi connectivity index (χ1v) is 5.76. The van der Waals surface area contributed by atoms with Crippen molar-refractivity contribution in [1.82, 2.24) is 0 Å². The van der Waals surface area contributed by atoms with Crippen molar-refractivity contribution in [3.63, 3.8) is 0 Å². The van der Waals surface area contributed by atoms with Crippen molar-refractivity contribution in [3.8, 4) is 0 Å². The van der Waals surface area contributed by atoms with E-state index in [2.05, 4.69) is 36.5 Å². The maximum absolute atomic E-state index is 5.81. The van der Waals surface area contributed by atoms with Crippen molar-refractivity contribution in [2.24, 2.45) is 0 Å². The lowest BCUT2D eigenvalue weighted by Gasteiger charge is -2.06. The highest BCUT2D eigenvalue weighted by atomic mass is 32.1. The second-order valence-corrected chi connectivity index (χ2v) is 4.52. The summed E-state index contributed by atoms with van der Waals surface area (Å²) in [5, 5.41) is 5.38. The van der Waals surface area contributed by atoms with Crippen molar-refractivity contribution >= 4 is 22.7 Å². The molecule has 3 heteroatoms. The van der Waals surface area contributed by atoms with Gasteiger partial charge in [-0.25, -0.2) is 0 Å². The second-order valence-electron chi connectivity index (χ2n) is 3.52. The lowest BCUT2D eigenvalue weighted by atomic mass is 10.2. The molecule has 2 nitrogen and oxygen atoms in total. The number of hydrogen-bond acceptors (Lipinski definition) is 3. The largest absolute Gasteiger partial charge is 0.398 e. The second kappa shape index (κ2) is 4.36. The van der Waals surface area contributed by atoms with E-state index in [1.54, 1.807) is 11.3 Å². The van der Waals surface area contributed by atoms with Crippen molar-refractivity contribution in [2.45, 2.75) is 13.5 Å². The fourth-order valence-electron chi connectivity index (χ4n) is 1.43. The summed E-state index contributed by atoms with van der Waals surface area (Å²) in [5.74, 6) is 0. The molecule has 2 rings (SSSR count). The lowest BCUT2D eigenvalue weighted by molar-refractivity contribution is 1.19. The van der Waals surface area contributed by atoms with Crippen LogP contribution >= 0.6 is 11.3 Å². The van der Waals surface area contributed by atoms with Gasteiger partial charge in [0.25, 0.3) is 0 Å². The Balaban J connectivity index is 2.02. The van der Waals surface area contributed by atoms with Crippen LogP contribution in [0.2, 0.25) is 0 Å². The normalized spacial score (nSPS) is 10.2. The Bertz CT molecular complexity index is 448. The van der Waals surface area contributed by atoms with Crippen LogP contribution in [0.4, 0.5) is 11.4 Å². The minimum Gasteiger partial charge on any atom is -0.398 e. The van der Waals surface area contributed by atoms with Gasteiger partial charge in [0.15, 0.2) is 0 Å². The molecule has 2 aromatic rings. The minimum absolute atomic E-state index is 0.799. The molecule has 0 atom stereocenters. The van der Waals surface area contributed by atoms with E-state index in [-0.39, 0.29) is 0 Å². The first kappa shape index (κ1) is 10.1. The molecule has 0 radical (unpaired) electrons. The van der Waals surface area contributed by atoms with Gasteiger partial charge in [-0.1, -0.05) is 12.1 Å². The predicted octanol–water partition coefficient (Wildman–Crippen LogP) is 3.25. The van der Waals surface area contributed by atoms with E-state index in [0.29, 0.717) is 0 Å². The van der Waals surface area contributed by atoms with Gasteiger partial charge in [0.1, 0.15) is 0 Å². The highest BCUT2D eigenvalue weighted by Gasteiger charge is 1.99. The predicted molar refractivity (Wildman–Crippen MR) is 67.2 cm³/mol. The summed E-state index contributed by atoms with van der Waals surface area (Å²) in [6.07, 6.45) is 0. The molecule has 78 valence electrons. The number of nitrogens with two attached hydrogens (primary N) is 1. The molecule has 0 unspecified atom stereocenters. The van der Waals surface area contributed by atoms with Crippen LogP contribution in [0.5, 0.6) is 0 Å². The highest BCUT2D eigenvalue weighted by molar-refractivity contribution is 7.10. The third-order valence-corrected chi connectivity index (χ3v) is 3.19. The Morgan fingerprint density at radius 2 is 2.20 bits per heavy atom. The molecule has 1 heterocycles. The third kappa shape index (κ3) is 2.50. The quantitative estimate of drug-likeness (QED) is 0.830. The highest BCUT2D eigenvalue weighted by Crippen LogP contribution is 2.20. The molecular formula is C12H14N2S. The topological polar surface area (TPSA) is 38.0 Å². The summed E-state index contributed by atoms with van der Waals surface area (Å²) in [5.41, 5.74) is 9.08. The molecule has 0 saturated heterocycles. The molecule has 0 amide bonds. The monoisotopic (exact) mass is 218 g/mol. The van der Waals surface area contributed by atoms with E-state index in [1.807, 2.05) is 11.4 Å². The van der Waals surface area contributed by atoms with Crippen molar-refractivity contribution in [3.05, 3.63) is 46.2 Å². The number of nitrogens with one attached hydrogen (secondary N) is 1. The fourth-order valence-corrected chi connectivity index (χ4v) is 2.17. The standard InChI is InChI=1S/C12H14N2S/c1-9-3-2-4-10(7-9)14-8-12-11(13)5-6-15-12/h2-7,14H,8,13H2,1H3. The zero-order chi connectivity index (χ0) is 10.7. The van der Waals surface area contributed by atoms with E-state index in [1.165, 1.54) is 10.4 Å². The van der Waals surface area contributed by atoms with Gasteiger partial charge in [0.05, 0.1) is 6.54 Å². The first-order chi connectivity index (χ1) is 7.25. The van der Waals surface area contributed by atoms with Gasteiger partial charge in [-0.15, -0.1) is 11.3 Å². The maximum atomic E-state index is 5.81. The van der Waals surface area contributed by atoms with E-state index in [9.17, 15) is 0 Å². The Morgan fingerprint density at radius 3 is 2.87 bits per heavy atom. The van der Waals surface area contributed by atoms with Crippen LogP contribution in [-0.4, -0.2) is 0 Å². The van der Waals surface area contributed by atoms with E-state index in [0.717, 1.165) is 17.9 Å². The molecule has 0 spiro atoms. The first-order valence-electron chi connectivity index (χ1n) is 4.88. The zero-order valence-electron chi connectivity index (χ0n) is 8.66.